The van der Waals surface area contributed by atoms with E-state index in [-0.39, 0.29) is 11.4 Å². The molecule has 0 unspecified atom stereocenters. The van der Waals surface area contributed by atoms with Crippen LogP contribution in [-0.2, 0) is 16.9 Å². The van der Waals surface area contributed by atoms with E-state index in [1.54, 1.807) is 6.08 Å². The summed E-state index contributed by atoms with van der Waals surface area (Å²) in [6.45, 7) is 9.19. The molecule has 152 valence electrons. The average Bonchev–Trinajstić information content (AvgIpc) is 3.21. The molecule has 2 aromatic rings. The standard InChI is InChI=1S/C23H34N4O/c1-4-5-6-14-25-22(28)13-10-20-8-11-21(12-9-20)23(2,3)26-15-7-17-27-18-16-24-19-27/h8-13,16,18-19,26H,4-7,14-15,17H2,1-3H3,(H,25,28)/b13-10+. The lowest BCUT2D eigenvalue weighted by atomic mass is 9.93. The van der Waals surface area contributed by atoms with E-state index in [0.29, 0.717) is 0 Å². The number of aromatic nitrogens is 2. The number of aryl methyl sites for hydroxylation is 1. The van der Waals surface area contributed by atoms with E-state index < -0.39 is 0 Å². The van der Waals surface area contributed by atoms with Crippen LogP contribution in [0.4, 0.5) is 0 Å². The zero-order valence-electron chi connectivity index (χ0n) is 17.4. The summed E-state index contributed by atoms with van der Waals surface area (Å²) >= 11 is 0. The lowest BCUT2D eigenvalue weighted by Crippen LogP contribution is -2.37. The maximum Gasteiger partial charge on any atom is 0.243 e. The van der Waals surface area contributed by atoms with Crippen LogP contribution in [0.25, 0.3) is 6.08 Å². The Labute approximate surface area is 169 Å². The highest BCUT2D eigenvalue weighted by atomic mass is 16.1. The summed E-state index contributed by atoms with van der Waals surface area (Å²) in [5.41, 5.74) is 2.16. The predicted octanol–water partition coefficient (Wildman–Crippen LogP) is 4.12. The third-order valence-corrected chi connectivity index (χ3v) is 4.86. The van der Waals surface area contributed by atoms with Crippen molar-refractivity contribution in [2.45, 2.75) is 58.5 Å². The van der Waals surface area contributed by atoms with Crippen molar-refractivity contribution < 1.29 is 4.79 Å². The highest BCUT2D eigenvalue weighted by molar-refractivity contribution is 5.91. The molecule has 0 aliphatic heterocycles. The topological polar surface area (TPSA) is 59.0 Å². The minimum atomic E-state index is -0.103. The first-order valence-corrected chi connectivity index (χ1v) is 10.3. The largest absolute Gasteiger partial charge is 0.353 e. The number of carbonyl (C=O) groups is 1. The molecule has 1 aromatic heterocycles. The molecule has 0 bridgehead atoms. The Hall–Kier alpha value is -2.40. The van der Waals surface area contributed by atoms with E-state index in [0.717, 1.165) is 50.9 Å². The van der Waals surface area contributed by atoms with Crippen molar-refractivity contribution in [1.82, 2.24) is 20.2 Å². The summed E-state index contributed by atoms with van der Waals surface area (Å²) in [6, 6.07) is 8.37. The zero-order chi connectivity index (χ0) is 20.2. The van der Waals surface area contributed by atoms with Crippen molar-refractivity contribution in [1.29, 1.82) is 0 Å². The Morgan fingerprint density at radius 3 is 2.61 bits per heavy atom. The van der Waals surface area contributed by atoms with Gasteiger partial charge in [0.2, 0.25) is 5.91 Å². The third-order valence-electron chi connectivity index (χ3n) is 4.86. The molecule has 5 heteroatoms. The lowest BCUT2D eigenvalue weighted by molar-refractivity contribution is -0.116. The molecule has 0 spiro atoms. The molecule has 0 saturated heterocycles. The molecular formula is C23H34N4O. The Kier molecular flexibility index (Phi) is 8.95. The number of amides is 1. The fraction of sp³-hybridized carbons (Fsp3) is 0.478. The summed E-state index contributed by atoms with van der Waals surface area (Å²) in [6.07, 6.45) is 13.5. The second-order valence-corrected chi connectivity index (χ2v) is 7.66. The van der Waals surface area contributed by atoms with Crippen LogP contribution in [0, 0.1) is 0 Å². The molecule has 2 rings (SSSR count). The van der Waals surface area contributed by atoms with Gasteiger partial charge in [-0.1, -0.05) is 44.0 Å². The van der Waals surface area contributed by atoms with Gasteiger partial charge in [0.05, 0.1) is 6.33 Å². The van der Waals surface area contributed by atoms with Gasteiger partial charge in [-0.15, -0.1) is 0 Å². The summed E-state index contributed by atoms with van der Waals surface area (Å²) in [5, 5.41) is 6.55. The van der Waals surface area contributed by atoms with Gasteiger partial charge >= 0.3 is 0 Å². The Balaban J connectivity index is 1.77. The number of rotatable bonds is 12. The predicted molar refractivity (Wildman–Crippen MR) is 116 cm³/mol. The van der Waals surface area contributed by atoms with Crippen LogP contribution in [0.3, 0.4) is 0 Å². The molecule has 0 fully saturated rings. The van der Waals surface area contributed by atoms with Crippen LogP contribution in [0.5, 0.6) is 0 Å². The minimum absolute atomic E-state index is 0.0277. The summed E-state index contributed by atoms with van der Waals surface area (Å²) in [7, 11) is 0. The summed E-state index contributed by atoms with van der Waals surface area (Å²) in [4.78, 5) is 15.9. The van der Waals surface area contributed by atoms with E-state index in [9.17, 15) is 4.79 Å². The number of benzene rings is 1. The average molecular weight is 383 g/mol. The fourth-order valence-corrected chi connectivity index (χ4v) is 3.01. The molecular weight excluding hydrogens is 348 g/mol. The molecule has 0 atom stereocenters. The fourth-order valence-electron chi connectivity index (χ4n) is 3.01. The van der Waals surface area contributed by atoms with E-state index in [1.165, 1.54) is 5.56 Å². The van der Waals surface area contributed by atoms with Crippen LogP contribution in [-0.4, -0.2) is 28.5 Å². The molecule has 1 heterocycles. The van der Waals surface area contributed by atoms with Crippen molar-refractivity contribution in [3.63, 3.8) is 0 Å². The van der Waals surface area contributed by atoms with Gasteiger partial charge in [0.1, 0.15) is 0 Å². The van der Waals surface area contributed by atoms with Gasteiger partial charge in [0.25, 0.3) is 0 Å². The van der Waals surface area contributed by atoms with E-state index in [4.69, 9.17) is 0 Å². The Morgan fingerprint density at radius 2 is 1.93 bits per heavy atom. The highest BCUT2D eigenvalue weighted by Crippen LogP contribution is 2.20. The second kappa shape index (κ2) is 11.4. The van der Waals surface area contributed by atoms with E-state index in [2.05, 4.69) is 65.2 Å². The van der Waals surface area contributed by atoms with Crippen LogP contribution >= 0.6 is 0 Å². The van der Waals surface area contributed by atoms with Crippen molar-refractivity contribution >= 4 is 12.0 Å². The summed E-state index contributed by atoms with van der Waals surface area (Å²) < 4.78 is 2.09. The lowest BCUT2D eigenvalue weighted by Gasteiger charge is -2.27. The smallest absolute Gasteiger partial charge is 0.243 e. The molecule has 0 aliphatic carbocycles. The first-order chi connectivity index (χ1) is 13.5. The summed E-state index contributed by atoms with van der Waals surface area (Å²) in [5.74, 6) is -0.0277. The van der Waals surface area contributed by atoms with Crippen LogP contribution in [0.1, 0.15) is 57.6 Å². The normalized spacial score (nSPS) is 11.8. The third kappa shape index (κ3) is 7.69. The number of hydrogen-bond donors (Lipinski definition) is 2. The van der Waals surface area contributed by atoms with Gasteiger partial charge in [-0.3, -0.25) is 4.79 Å². The maximum absolute atomic E-state index is 11.8. The van der Waals surface area contributed by atoms with Crippen molar-refractivity contribution in [2.75, 3.05) is 13.1 Å². The maximum atomic E-state index is 11.8. The van der Waals surface area contributed by atoms with Gasteiger partial charge in [0.15, 0.2) is 0 Å². The number of hydrogen-bond acceptors (Lipinski definition) is 3. The Bertz CT molecular complexity index is 718. The number of nitrogens with zero attached hydrogens (tertiary/aromatic N) is 2. The number of unbranched alkanes of at least 4 members (excludes halogenated alkanes) is 2. The van der Waals surface area contributed by atoms with Crippen molar-refractivity contribution in [2.24, 2.45) is 0 Å². The van der Waals surface area contributed by atoms with Gasteiger partial charge in [0, 0.05) is 37.1 Å². The number of imidazole rings is 1. The second-order valence-electron chi connectivity index (χ2n) is 7.66. The van der Waals surface area contributed by atoms with Crippen LogP contribution in [0.2, 0.25) is 0 Å². The van der Waals surface area contributed by atoms with Gasteiger partial charge in [-0.05, 0) is 50.4 Å². The molecule has 28 heavy (non-hydrogen) atoms. The highest BCUT2D eigenvalue weighted by Gasteiger charge is 2.18. The number of nitrogens with one attached hydrogen (secondary N) is 2. The molecule has 2 N–H and O–H groups in total. The van der Waals surface area contributed by atoms with Crippen molar-refractivity contribution in [3.05, 3.63) is 60.2 Å². The molecule has 1 amide bonds. The van der Waals surface area contributed by atoms with Crippen LogP contribution in [0.15, 0.2) is 49.1 Å². The monoisotopic (exact) mass is 382 g/mol. The zero-order valence-corrected chi connectivity index (χ0v) is 17.4. The quantitative estimate of drug-likeness (QED) is 0.429. The Morgan fingerprint density at radius 1 is 1.14 bits per heavy atom. The van der Waals surface area contributed by atoms with Gasteiger partial charge in [-0.25, -0.2) is 4.98 Å². The SMILES string of the molecule is CCCCCNC(=O)/C=C/c1ccc(C(C)(C)NCCCn2ccnc2)cc1. The van der Waals surface area contributed by atoms with Crippen LogP contribution < -0.4 is 10.6 Å². The first kappa shape index (κ1) is 21.9. The molecule has 0 aliphatic rings. The molecule has 0 radical (unpaired) electrons. The van der Waals surface area contributed by atoms with Gasteiger partial charge < -0.3 is 15.2 Å². The molecule has 0 saturated carbocycles. The minimum Gasteiger partial charge on any atom is -0.353 e. The van der Waals surface area contributed by atoms with Gasteiger partial charge in [-0.2, -0.15) is 0 Å². The number of carbonyl (C=O) groups excluding carboxylic acids is 1. The van der Waals surface area contributed by atoms with E-state index >= 15 is 0 Å². The molecule has 1 aromatic carbocycles. The van der Waals surface area contributed by atoms with E-state index in [1.807, 2.05) is 24.8 Å². The first-order valence-electron chi connectivity index (χ1n) is 10.3. The molecule has 5 nitrogen and oxygen atoms in total. The van der Waals surface area contributed by atoms with Crippen molar-refractivity contribution in [3.8, 4) is 0 Å².